The van der Waals surface area contributed by atoms with Gasteiger partial charge in [-0.15, -0.1) is 0 Å². The van der Waals surface area contributed by atoms with Gasteiger partial charge in [0.2, 0.25) is 0 Å². The van der Waals surface area contributed by atoms with Crippen LogP contribution < -0.4 is 4.90 Å². The van der Waals surface area contributed by atoms with E-state index in [2.05, 4.69) is 9.97 Å². The number of aliphatic hydroxyl groups excluding tert-OH is 1. The highest BCUT2D eigenvalue weighted by atomic mass is 19.4. The van der Waals surface area contributed by atoms with Crippen LogP contribution in [-0.4, -0.2) is 33.8 Å². The molecule has 1 heterocycles. The maximum Gasteiger partial charge on any atom is 0.405 e. The largest absolute Gasteiger partial charge is 0.405 e. The van der Waals surface area contributed by atoms with Crippen molar-refractivity contribution in [3.63, 3.8) is 0 Å². The molecule has 1 aromatic rings. The molecule has 1 N–H and O–H groups in total. The summed E-state index contributed by atoms with van der Waals surface area (Å²) in [7, 11) is 0. The molecular formula is C10H12F3N3O. The molecule has 0 spiro atoms. The minimum absolute atomic E-state index is 0.111. The van der Waals surface area contributed by atoms with Crippen LogP contribution in [0.4, 0.5) is 19.0 Å². The minimum atomic E-state index is -4.26. The van der Waals surface area contributed by atoms with Gasteiger partial charge >= 0.3 is 6.18 Å². The molecule has 0 bridgehead atoms. The van der Waals surface area contributed by atoms with Crippen molar-refractivity contribution in [2.75, 3.05) is 11.4 Å². The van der Waals surface area contributed by atoms with Gasteiger partial charge in [0.15, 0.2) is 0 Å². The highest BCUT2D eigenvalue weighted by Crippen LogP contribution is 2.33. The van der Waals surface area contributed by atoms with Crippen LogP contribution in [0, 0.1) is 0 Å². The van der Waals surface area contributed by atoms with E-state index in [-0.39, 0.29) is 24.2 Å². The Kier molecular flexibility index (Phi) is 3.19. The summed E-state index contributed by atoms with van der Waals surface area (Å²) in [5.41, 5.74) is 0.273. The molecule has 1 saturated carbocycles. The summed E-state index contributed by atoms with van der Waals surface area (Å²) >= 11 is 0. The number of hydrogen-bond donors (Lipinski definition) is 1. The lowest BCUT2D eigenvalue weighted by atomic mass is 10.4. The fourth-order valence-electron chi connectivity index (χ4n) is 1.59. The summed E-state index contributed by atoms with van der Waals surface area (Å²) in [6.45, 7) is -1.35. The number of aliphatic hydroxyl groups is 1. The van der Waals surface area contributed by atoms with E-state index in [0.29, 0.717) is 0 Å². The van der Waals surface area contributed by atoms with E-state index >= 15 is 0 Å². The summed E-state index contributed by atoms with van der Waals surface area (Å²) in [6, 6.07) is -0.111. The van der Waals surface area contributed by atoms with E-state index in [0.717, 1.165) is 12.8 Å². The van der Waals surface area contributed by atoms with E-state index in [1.807, 2.05) is 0 Å². The highest BCUT2D eigenvalue weighted by molar-refractivity contribution is 5.40. The average Bonchev–Trinajstić information content (AvgIpc) is 3.09. The van der Waals surface area contributed by atoms with Gasteiger partial charge in [-0.25, -0.2) is 4.98 Å². The smallest absolute Gasteiger partial charge is 0.390 e. The average molecular weight is 247 g/mol. The van der Waals surface area contributed by atoms with Crippen molar-refractivity contribution in [1.82, 2.24) is 9.97 Å². The number of aromatic nitrogens is 2. The fraction of sp³-hybridized carbons (Fsp3) is 0.600. The molecular weight excluding hydrogens is 235 g/mol. The number of anilines is 1. The molecule has 7 heteroatoms. The Balaban J connectivity index is 2.19. The molecule has 1 aliphatic carbocycles. The molecule has 1 aromatic heterocycles. The predicted octanol–water partition coefficient (Wildman–Crippen LogP) is 1.50. The summed E-state index contributed by atoms with van der Waals surface area (Å²) < 4.78 is 37.3. The van der Waals surface area contributed by atoms with Gasteiger partial charge in [-0.2, -0.15) is 13.2 Å². The van der Waals surface area contributed by atoms with Crippen molar-refractivity contribution in [2.45, 2.75) is 31.7 Å². The van der Waals surface area contributed by atoms with Gasteiger partial charge in [0, 0.05) is 6.04 Å². The SMILES string of the molecule is OCc1cncc(N(CC(F)(F)F)C2CC2)n1. The topological polar surface area (TPSA) is 49.3 Å². The standard InChI is InChI=1S/C10H12F3N3O/c11-10(12,13)6-16(8-1-2-8)9-4-14-3-7(5-17)15-9/h3-4,8,17H,1-2,5-6H2. The Hall–Kier alpha value is -1.37. The Labute approximate surface area is 96.1 Å². The molecule has 0 amide bonds. The lowest BCUT2D eigenvalue weighted by Crippen LogP contribution is -2.36. The molecule has 0 unspecified atom stereocenters. The number of nitrogens with zero attached hydrogens (tertiary/aromatic N) is 3. The second-order valence-corrected chi connectivity index (χ2v) is 4.00. The minimum Gasteiger partial charge on any atom is -0.390 e. The zero-order chi connectivity index (χ0) is 12.5. The van der Waals surface area contributed by atoms with Crippen LogP contribution in [-0.2, 0) is 6.61 Å². The maximum atomic E-state index is 12.4. The molecule has 17 heavy (non-hydrogen) atoms. The summed E-state index contributed by atoms with van der Waals surface area (Å²) in [6.07, 6.45) is -0.160. The Morgan fingerprint density at radius 2 is 2.06 bits per heavy atom. The Morgan fingerprint density at radius 1 is 1.35 bits per heavy atom. The monoisotopic (exact) mass is 247 g/mol. The fourth-order valence-corrected chi connectivity index (χ4v) is 1.59. The van der Waals surface area contributed by atoms with E-state index in [1.165, 1.54) is 17.3 Å². The molecule has 0 saturated heterocycles. The third kappa shape index (κ3) is 3.29. The second kappa shape index (κ2) is 4.48. The third-order valence-electron chi connectivity index (χ3n) is 2.47. The highest BCUT2D eigenvalue weighted by Gasteiger charge is 2.38. The second-order valence-electron chi connectivity index (χ2n) is 4.00. The molecule has 2 rings (SSSR count). The van der Waals surface area contributed by atoms with Gasteiger partial charge in [-0.05, 0) is 12.8 Å². The van der Waals surface area contributed by atoms with Gasteiger partial charge in [0.05, 0.1) is 24.7 Å². The molecule has 0 atom stereocenters. The first-order valence-electron chi connectivity index (χ1n) is 5.25. The van der Waals surface area contributed by atoms with Crippen molar-refractivity contribution < 1.29 is 18.3 Å². The van der Waals surface area contributed by atoms with Crippen molar-refractivity contribution in [3.8, 4) is 0 Å². The van der Waals surface area contributed by atoms with Crippen LogP contribution in [0.5, 0.6) is 0 Å². The molecule has 94 valence electrons. The summed E-state index contributed by atoms with van der Waals surface area (Å²) in [5, 5.41) is 8.89. The van der Waals surface area contributed by atoms with E-state index in [1.54, 1.807) is 0 Å². The van der Waals surface area contributed by atoms with Crippen LogP contribution in [0.3, 0.4) is 0 Å². The van der Waals surface area contributed by atoms with Crippen molar-refractivity contribution in [3.05, 3.63) is 18.1 Å². The van der Waals surface area contributed by atoms with Crippen LogP contribution in [0.15, 0.2) is 12.4 Å². The van der Waals surface area contributed by atoms with Gasteiger partial charge < -0.3 is 10.0 Å². The summed E-state index contributed by atoms with van der Waals surface area (Å²) in [4.78, 5) is 8.94. The zero-order valence-corrected chi connectivity index (χ0v) is 8.98. The third-order valence-corrected chi connectivity index (χ3v) is 2.47. The Morgan fingerprint density at radius 3 is 2.59 bits per heavy atom. The number of alkyl halides is 3. The van der Waals surface area contributed by atoms with E-state index in [4.69, 9.17) is 5.11 Å². The van der Waals surface area contributed by atoms with Crippen molar-refractivity contribution in [1.29, 1.82) is 0 Å². The molecule has 1 aliphatic rings. The van der Waals surface area contributed by atoms with Crippen LogP contribution in [0.1, 0.15) is 18.5 Å². The number of hydrogen-bond acceptors (Lipinski definition) is 4. The lowest BCUT2D eigenvalue weighted by Gasteiger charge is -2.24. The molecule has 4 nitrogen and oxygen atoms in total. The number of halogens is 3. The molecule has 1 fully saturated rings. The predicted molar refractivity (Wildman–Crippen MR) is 54.4 cm³/mol. The maximum absolute atomic E-state index is 12.4. The Bertz CT molecular complexity index is 393. The first-order valence-corrected chi connectivity index (χ1v) is 5.25. The van der Waals surface area contributed by atoms with E-state index in [9.17, 15) is 13.2 Å². The number of rotatable bonds is 4. The van der Waals surface area contributed by atoms with Crippen LogP contribution >= 0.6 is 0 Å². The molecule has 0 radical (unpaired) electrons. The van der Waals surface area contributed by atoms with E-state index < -0.39 is 12.7 Å². The van der Waals surface area contributed by atoms with Gasteiger partial charge in [0.1, 0.15) is 12.4 Å². The van der Waals surface area contributed by atoms with Gasteiger partial charge in [-0.3, -0.25) is 4.98 Å². The molecule has 0 aromatic carbocycles. The summed E-state index contributed by atoms with van der Waals surface area (Å²) in [5.74, 6) is 0.177. The van der Waals surface area contributed by atoms with Crippen LogP contribution in [0.25, 0.3) is 0 Å². The normalized spacial score (nSPS) is 16.0. The van der Waals surface area contributed by atoms with Crippen molar-refractivity contribution in [2.24, 2.45) is 0 Å². The first kappa shape index (κ1) is 12.1. The van der Waals surface area contributed by atoms with Crippen molar-refractivity contribution >= 4 is 5.82 Å². The zero-order valence-electron chi connectivity index (χ0n) is 8.98. The van der Waals surface area contributed by atoms with Gasteiger partial charge in [-0.1, -0.05) is 0 Å². The quantitative estimate of drug-likeness (QED) is 0.876. The van der Waals surface area contributed by atoms with Crippen LogP contribution in [0.2, 0.25) is 0 Å². The first-order chi connectivity index (χ1) is 7.99. The lowest BCUT2D eigenvalue weighted by molar-refractivity contribution is -0.120. The molecule has 0 aliphatic heterocycles. The van der Waals surface area contributed by atoms with Gasteiger partial charge in [0.25, 0.3) is 0 Å².